The van der Waals surface area contributed by atoms with Crippen LogP contribution in [0, 0.1) is 5.82 Å². The van der Waals surface area contributed by atoms with Crippen molar-refractivity contribution in [3.63, 3.8) is 0 Å². The highest BCUT2D eigenvalue weighted by Gasteiger charge is 2.16. The topological polar surface area (TPSA) is 75.6 Å². The molecule has 1 aromatic rings. The molecule has 0 saturated carbocycles. The SMILES string of the molecule is CC(=O)NCCOc1cccc(F)c1C(=O)O. The van der Waals surface area contributed by atoms with Crippen LogP contribution in [-0.4, -0.2) is 30.1 Å². The van der Waals surface area contributed by atoms with Gasteiger partial charge >= 0.3 is 5.97 Å². The van der Waals surface area contributed by atoms with E-state index in [1.165, 1.54) is 19.1 Å². The number of benzene rings is 1. The van der Waals surface area contributed by atoms with Crippen molar-refractivity contribution in [3.8, 4) is 5.75 Å². The Kier molecular flexibility index (Phi) is 4.45. The Balaban J connectivity index is 2.67. The summed E-state index contributed by atoms with van der Waals surface area (Å²) in [4.78, 5) is 21.4. The van der Waals surface area contributed by atoms with Gasteiger partial charge in [0, 0.05) is 6.92 Å². The van der Waals surface area contributed by atoms with Gasteiger partial charge in [-0.2, -0.15) is 0 Å². The summed E-state index contributed by atoms with van der Waals surface area (Å²) in [5.74, 6) is -2.51. The number of aromatic carboxylic acids is 1. The van der Waals surface area contributed by atoms with E-state index in [1.54, 1.807) is 0 Å². The first-order valence-electron chi connectivity index (χ1n) is 4.91. The number of halogens is 1. The Labute approximate surface area is 97.2 Å². The number of carbonyl (C=O) groups excluding carboxylic acids is 1. The number of hydrogen-bond donors (Lipinski definition) is 2. The molecule has 1 amide bonds. The fraction of sp³-hybridized carbons (Fsp3) is 0.273. The minimum absolute atomic E-state index is 0.0529. The first kappa shape index (κ1) is 13.0. The molecule has 0 aliphatic heterocycles. The molecular weight excluding hydrogens is 229 g/mol. The summed E-state index contributed by atoms with van der Waals surface area (Å²) in [6, 6.07) is 3.76. The van der Waals surface area contributed by atoms with Gasteiger partial charge in [-0.05, 0) is 12.1 Å². The minimum Gasteiger partial charge on any atom is -0.491 e. The highest BCUT2D eigenvalue weighted by molar-refractivity contribution is 5.91. The number of carboxylic acids is 1. The van der Waals surface area contributed by atoms with Crippen LogP contribution in [0.2, 0.25) is 0 Å². The molecule has 2 N–H and O–H groups in total. The Bertz CT molecular complexity index is 433. The number of hydrogen-bond acceptors (Lipinski definition) is 3. The Morgan fingerprint density at radius 1 is 1.47 bits per heavy atom. The van der Waals surface area contributed by atoms with Crippen LogP contribution in [0.25, 0.3) is 0 Å². The maximum absolute atomic E-state index is 13.2. The highest BCUT2D eigenvalue weighted by atomic mass is 19.1. The second-order valence-electron chi connectivity index (χ2n) is 3.25. The van der Waals surface area contributed by atoms with Gasteiger partial charge in [-0.1, -0.05) is 6.07 Å². The second kappa shape index (κ2) is 5.83. The molecule has 17 heavy (non-hydrogen) atoms. The van der Waals surface area contributed by atoms with Crippen molar-refractivity contribution in [1.82, 2.24) is 5.32 Å². The van der Waals surface area contributed by atoms with Crippen LogP contribution >= 0.6 is 0 Å². The molecule has 6 heteroatoms. The van der Waals surface area contributed by atoms with E-state index in [4.69, 9.17) is 9.84 Å². The Hall–Kier alpha value is -2.11. The molecule has 0 radical (unpaired) electrons. The molecule has 92 valence electrons. The third-order valence-corrected chi connectivity index (χ3v) is 1.92. The number of nitrogens with one attached hydrogen (secondary N) is 1. The molecule has 0 bridgehead atoms. The number of rotatable bonds is 5. The van der Waals surface area contributed by atoms with Gasteiger partial charge in [-0.15, -0.1) is 0 Å². The van der Waals surface area contributed by atoms with Crippen LogP contribution in [-0.2, 0) is 4.79 Å². The first-order valence-corrected chi connectivity index (χ1v) is 4.91. The van der Waals surface area contributed by atoms with E-state index in [0.29, 0.717) is 0 Å². The number of carboxylic acid groups (broad SMARTS) is 1. The molecular formula is C11H12FNO4. The summed E-state index contributed by atoms with van der Waals surface area (Å²) in [7, 11) is 0. The summed E-state index contributed by atoms with van der Waals surface area (Å²) in [6.07, 6.45) is 0. The lowest BCUT2D eigenvalue weighted by molar-refractivity contribution is -0.119. The van der Waals surface area contributed by atoms with Crippen molar-refractivity contribution in [1.29, 1.82) is 0 Å². The molecule has 0 unspecified atom stereocenters. The number of carbonyl (C=O) groups is 2. The quantitative estimate of drug-likeness (QED) is 0.755. The van der Waals surface area contributed by atoms with Gasteiger partial charge in [0.05, 0.1) is 6.54 Å². The summed E-state index contributed by atoms with van der Waals surface area (Å²) < 4.78 is 18.3. The number of ether oxygens (including phenoxy) is 1. The van der Waals surface area contributed by atoms with Crippen LogP contribution in [0.4, 0.5) is 4.39 Å². The molecule has 0 aliphatic carbocycles. The van der Waals surface area contributed by atoms with Crippen molar-refractivity contribution in [2.45, 2.75) is 6.92 Å². The summed E-state index contributed by atoms with van der Waals surface area (Å²) in [5.41, 5.74) is -0.504. The Morgan fingerprint density at radius 3 is 2.76 bits per heavy atom. The van der Waals surface area contributed by atoms with E-state index in [-0.39, 0.29) is 24.8 Å². The molecule has 1 rings (SSSR count). The van der Waals surface area contributed by atoms with Crippen LogP contribution in [0.5, 0.6) is 5.75 Å². The highest BCUT2D eigenvalue weighted by Crippen LogP contribution is 2.21. The van der Waals surface area contributed by atoms with E-state index in [0.717, 1.165) is 6.07 Å². The van der Waals surface area contributed by atoms with Crippen LogP contribution in [0.1, 0.15) is 17.3 Å². The molecule has 0 saturated heterocycles. The van der Waals surface area contributed by atoms with Crippen molar-refractivity contribution in [3.05, 3.63) is 29.6 Å². The maximum atomic E-state index is 13.2. The third kappa shape index (κ3) is 3.75. The van der Waals surface area contributed by atoms with Gasteiger partial charge in [-0.3, -0.25) is 4.79 Å². The van der Waals surface area contributed by atoms with Crippen LogP contribution in [0.15, 0.2) is 18.2 Å². The smallest absolute Gasteiger partial charge is 0.342 e. The average molecular weight is 241 g/mol. The molecule has 1 aromatic carbocycles. The molecule has 0 aliphatic rings. The summed E-state index contributed by atoms with van der Waals surface area (Å²) in [5, 5.41) is 11.3. The van der Waals surface area contributed by atoms with Crippen LogP contribution in [0.3, 0.4) is 0 Å². The van der Waals surface area contributed by atoms with Gasteiger partial charge in [0.15, 0.2) is 0 Å². The van der Waals surface area contributed by atoms with Crippen molar-refractivity contribution in [2.75, 3.05) is 13.2 Å². The fourth-order valence-electron chi connectivity index (χ4n) is 1.22. The lowest BCUT2D eigenvalue weighted by atomic mass is 10.2. The predicted molar refractivity (Wildman–Crippen MR) is 57.5 cm³/mol. The summed E-state index contributed by atoms with van der Waals surface area (Å²) >= 11 is 0. The van der Waals surface area contributed by atoms with E-state index in [2.05, 4.69) is 5.32 Å². The van der Waals surface area contributed by atoms with Crippen LogP contribution < -0.4 is 10.1 Å². The zero-order chi connectivity index (χ0) is 12.8. The molecule has 5 nitrogen and oxygen atoms in total. The van der Waals surface area contributed by atoms with E-state index in [9.17, 15) is 14.0 Å². The lowest BCUT2D eigenvalue weighted by Gasteiger charge is -2.09. The van der Waals surface area contributed by atoms with E-state index in [1.807, 2.05) is 0 Å². The number of amides is 1. The molecule has 0 heterocycles. The van der Waals surface area contributed by atoms with Crippen molar-refractivity contribution < 1.29 is 23.8 Å². The summed E-state index contributed by atoms with van der Waals surface area (Å²) in [6.45, 7) is 1.65. The molecule has 0 atom stereocenters. The zero-order valence-electron chi connectivity index (χ0n) is 9.20. The molecule has 0 fully saturated rings. The fourth-order valence-corrected chi connectivity index (χ4v) is 1.22. The first-order chi connectivity index (χ1) is 8.02. The van der Waals surface area contributed by atoms with Gasteiger partial charge in [0.2, 0.25) is 5.91 Å². The van der Waals surface area contributed by atoms with E-state index < -0.39 is 17.3 Å². The third-order valence-electron chi connectivity index (χ3n) is 1.92. The normalized spacial score (nSPS) is 9.76. The Morgan fingerprint density at radius 2 is 2.18 bits per heavy atom. The second-order valence-corrected chi connectivity index (χ2v) is 3.25. The van der Waals surface area contributed by atoms with Crippen molar-refractivity contribution >= 4 is 11.9 Å². The van der Waals surface area contributed by atoms with Gasteiger partial charge < -0.3 is 15.2 Å². The standard InChI is InChI=1S/C11H12FNO4/c1-7(14)13-5-6-17-9-4-2-3-8(12)10(9)11(15)16/h2-4H,5-6H2,1H3,(H,13,14)(H,15,16). The minimum atomic E-state index is -1.39. The molecule has 0 aromatic heterocycles. The van der Waals surface area contributed by atoms with E-state index >= 15 is 0 Å². The van der Waals surface area contributed by atoms with Gasteiger partial charge in [0.25, 0.3) is 0 Å². The average Bonchev–Trinajstić information content (AvgIpc) is 2.23. The molecule has 0 spiro atoms. The van der Waals surface area contributed by atoms with Crippen molar-refractivity contribution in [2.24, 2.45) is 0 Å². The predicted octanol–water partition coefficient (Wildman–Crippen LogP) is 1.04. The largest absolute Gasteiger partial charge is 0.491 e. The maximum Gasteiger partial charge on any atom is 0.342 e. The van der Waals surface area contributed by atoms with Gasteiger partial charge in [-0.25, -0.2) is 9.18 Å². The van der Waals surface area contributed by atoms with Gasteiger partial charge in [0.1, 0.15) is 23.7 Å². The zero-order valence-corrected chi connectivity index (χ0v) is 9.20. The monoisotopic (exact) mass is 241 g/mol. The lowest BCUT2D eigenvalue weighted by Crippen LogP contribution is -2.25.